The first-order chi connectivity index (χ1) is 16.4. The average molecular weight is 474 g/mol. The number of carbonyl (C=O) groups is 4. The third-order valence-electron chi connectivity index (χ3n) is 6.91. The summed E-state index contributed by atoms with van der Waals surface area (Å²) in [6.45, 7) is -0.00282. The molecule has 3 rings (SSSR count). The van der Waals surface area contributed by atoms with Crippen LogP contribution in [0.1, 0.15) is 63.4 Å². The van der Waals surface area contributed by atoms with Crippen LogP contribution < -0.4 is 15.5 Å². The molecule has 1 heterocycles. The maximum absolute atomic E-state index is 13.5. The molecule has 4 N–H and O–H groups in total. The van der Waals surface area contributed by atoms with Crippen molar-refractivity contribution in [2.24, 2.45) is 5.41 Å². The summed E-state index contributed by atoms with van der Waals surface area (Å²) >= 11 is 0. The van der Waals surface area contributed by atoms with E-state index in [9.17, 15) is 24.3 Å². The Balaban J connectivity index is 1.66. The fraction of sp³-hybridized carbons (Fsp3) is 0.600. The van der Waals surface area contributed by atoms with Crippen LogP contribution in [-0.4, -0.2) is 59.6 Å². The maximum Gasteiger partial charge on any atom is 0.323 e. The van der Waals surface area contributed by atoms with Crippen molar-refractivity contribution in [2.75, 3.05) is 24.6 Å². The van der Waals surface area contributed by atoms with Gasteiger partial charge in [0, 0.05) is 30.7 Å². The Morgan fingerprint density at radius 2 is 1.85 bits per heavy atom. The van der Waals surface area contributed by atoms with Gasteiger partial charge < -0.3 is 20.8 Å². The molecule has 0 bridgehead atoms. The fourth-order valence-electron chi connectivity index (χ4n) is 5.08. The zero-order chi connectivity index (χ0) is 24.6. The van der Waals surface area contributed by atoms with Crippen molar-refractivity contribution in [1.82, 2.24) is 10.6 Å². The number of aliphatic carboxylic acids is 1. The number of amides is 3. The van der Waals surface area contributed by atoms with Gasteiger partial charge >= 0.3 is 5.97 Å². The first-order valence-electron chi connectivity index (χ1n) is 12.2. The molecular weight excluding hydrogens is 438 g/mol. The Labute approximate surface area is 199 Å². The summed E-state index contributed by atoms with van der Waals surface area (Å²) in [5.74, 6) is -1.79. The fourth-order valence-corrected chi connectivity index (χ4v) is 5.08. The summed E-state index contributed by atoms with van der Waals surface area (Å²) in [7, 11) is 0. The molecule has 0 spiro atoms. The number of hydrogen-bond donors (Lipinski definition) is 4. The van der Waals surface area contributed by atoms with Crippen LogP contribution >= 0.6 is 0 Å². The normalized spacial score (nSPS) is 19.3. The average Bonchev–Trinajstić information content (AvgIpc) is 3.26. The number of nitrogens with one attached hydrogen (secondary N) is 2. The quantitative estimate of drug-likeness (QED) is 0.362. The van der Waals surface area contributed by atoms with E-state index >= 15 is 0 Å². The van der Waals surface area contributed by atoms with E-state index in [4.69, 9.17) is 5.11 Å². The van der Waals surface area contributed by atoms with Gasteiger partial charge in [-0.05, 0) is 56.6 Å². The summed E-state index contributed by atoms with van der Waals surface area (Å²) in [5.41, 5.74) is 0.855. The van der Waals surface area contributed by atoms with Crippen molar-refractivity contribution in [2.45, 2.75) is 70.3 Å². The molecular formula is C25H35N3O6. The second-order valence-electron chi connectivity index (χ2n) is 9.28. The van der Waals surface area contributed by atoms with Gasteiger partial charge in [-0.25, -0.2) is 0 Å². The minimum Gasteiger partial charge on any atom is -0.480 e. The van der Waals surface area contributed by atoms with Crippen LogP contribution in [0.2, 0.25) is 0 Å². The Bertz CT molecular complexity index is 896. The van der Waals surface area contributed by atoms with E-state index in [1.54, 1.807) is 12.1 Å². The van der Waals surface area contributed by atoms with E-state index in [-0.39, 0.29) is 18.4 Å². The molecule has 186 valence electrons. The summed E-state index contributed by atoms with van der Waals surface area (Å²) in [6.07, 6.45) is 6.18. The molecule has 3 amide bonds. The highest BCUT2D eigenvalue weighted by atomic mass is 16.4. The van der Waals surface area contributed by atoms with Crippen LogP contribution in [0, 0.1) is 5.41 Å². The maximum atomic E-state index is 13.5. The lowest BCUT2D eigenvalue weighted by molar-refractivity contribution is -0.137. The monoisotopic (exact) mass is 473 g/mol. The number of fused-ring (bicyclic) bond motifs is 1. The van der Waals surface area contributed by atoms with E-state index in [1.807, 2.05) is 12.1 Å². The highest BCUT2D eigenvalue weighted by molar-refractivity contribution is 6.03. The molecule has 0 radical (unpaired) electrons. The largest absolute Gasteiger partial charge is 0.480 e. The highest BCUT2D eigenvalue weighted by Crippen LogP contribution is 2.43. The molecule has 0 saturated heterocycles. The SMILES string of the molecule is O=C(O)CN1C(=O)[C@@H](NC(=O)C2(CCCC(=O)NCCCO)CCCC2)CCc2ccccc21. The predicted molar refractivity (Wildman–Crippen MR) is 126 cm³/mol. The number of rotatable bonds is 11. The van der Waals surface area contributed by atoms with Crippen LogP contribution in [0.4, 0.5) is 5.69 Å². The number of aliphatic hydroxyl groups is 1. The first kappa shape index (κ1) is 25.7. The van der Waals surface area contributed by atoms with Gasteiger partial charge in [0.25, 0.3) is 0 Å². The minimum absolute atomic E-state index is 0.0262. The number of aryl methyl sites for hydroxylation is 1. The number of para-hydroxylation sites is 1. The van der Waals surface area contributed by atoms with Crippen LogP contribution in [0.3, 0.4) is 0 Å². The molecule has 1 aromatic carbocycles. The van der Waals surface area contributed by atoms with Crippen molar-refractivity contribution >= 4 is 29.4 Å². The molecule has 0 aromatic heterocycles. The number of benzene rings is 1. The second-order valence-corrected chi connectivity index (χ2v) is 9.28. The van der Waals surface area contributed by atoms with E-state index in [0.29, 0.717) is 63.6 Å². The molecule has 1 aromatic rings. The molecule has 1 saturated carbocycles. The number of carboxylic acid groups (broad SMARTS) is 1. The molecule has 9 heteroatoms. The van der Waals surface area contributed by atoms with E-state index in [0.717, 1.165) is 18.4 Å². The second kappa shape index (κ2) is 12.0. The van der Waals surface area contributed by atoms with Gasteiger partial charge in [0.1, 0.15) is 12.6 Å². The van der Waals surface area contributed by atoms with Gasteiger partial charge in [-0.15, -0.1) is 0 Å². The molecule has 1 aliphatic carbocycles. The van der Waals surface area contributed by atoms with Crippen molar-refractivity contribution in [3.05, 3.63) is 29.8 Å². The Hall–Kier alpha value is -2.94. The number of nitrogens with zero attached hydrogens (tertiary/aromatic N) is 1. The van der Waals surface area contributed by atoms with Crippen LogP contribution in [-0.2, 0) is 25.6 Å². The van der Waals surface area contributed by atoms with Gasteiger partial charge in [0.05, 0.1) is 0 Å². The van der Waals surface area contributed by atoms with Gasteiger partial charge in [-0.1, -0.05) is 31.0 Å². The third kappa shape index (κ3) is 6.34. The molecule has 34 heavy (non-hydrogen) atoms. The lowest BCUT2D eigenvalue weighted by Gasteiger charge is -2.31. The van der Waals surface area contributed by atoms with Gasteiger partial charge in [0.15, 0.2) is 0 Å². The standard InChI is InChI=1S/C25H35N3O6/c29-16-6-15-26-21(30)9-5-14-25(12-3-4-13-25)24(34)27-19-11-10-18-7-1-2-8-20(18)28(23(19)33)17-22(31)32/h1-2,7-8,19,29H,3-6,9-17H2,(H,26,30)(H,27,34)(H,31,32)/t19-/m0/s1. The van der Waals surface area contributed by atoms with E-state index < -0.39 is 29.9 Å². The van der Waals surface area contributed by atoms with Crippen molar-refractivity contribution in [3.8, 4) is 0 Å². The lowest BCUT2D eigenvalue weighted by atomic mass is 9.79. The zero-order valence-electron chi connectivity index (χ0n) is 19.6. The smallest absolute Gasteiger partial charge is 0.323 e. The highest BCUT2D eigenvalue weighted by Gasteiger charge is 2.43. The number of carboxylic acids is 1. The molecule has 1 aliphatic heterocycles. The van der Waals surface area contributed by atoms with Crippen molar-refractivity contribution < 1.29 is 29.4 Å². The molecule has 1 fully saturated rings. The first-order valence-corrected chi connectivity index (χ1v) is 12.2. The predicted octanol–water partition coefficient (Wildman–Crippen LogP) is 1.76. The van der Waals surface area contributed by atoms with E-state index in [1.165, 1.54) is 4.90 Å². The Kier molecular flexibility index (Phi) is 9.04. The number of anilines is 1. The molecule has 9 nitrogen and oxygen atoms in total. The zero-order valence-corrected chi connectivity index (χ0v) is 19.6. The van der Waals surface area contributed by atoms with Gasteiger partial charge in [0.2, 0.25) is 17.7 Å². The Morgan fingerprint density at radius 1 is 1.12 bits per heavy atom. The summed E-state index contributed by atoms with van der Waals surface area (Å²) in [5, 5.41) is 23.9. The van der Waals surface area contributed by atoms with Crippen LogP contribution in [0.25, 0.3) is 0 Å². The Morgan fingerprint density at radius 3 is 2.56 bits per heavy atom. The van der Waals surface area contributed by atoms with Crippen molar-refractivity contribution in [1.29, 1.82) is 0 Å². The molecule has 2 aliphatic rings. The molecule has 1 atom stereocenters. The van der Waals surface area contributed by atoms with Gasteiger partial charge in [-0.3, -0.25) is 24.1 Å². The van der Waals surface area contributed by atoms with Crippen molar-refractivity contribution in [3.63, 3.8) is 0 Å². The lowest BCUT2D eigenvalue weighted by Crippen LogP contribution is -2.52. The molecule has 0 unspecified atom stereocenters. The van der Waals surface area contributed by atoms with Gasteiger partial charge in [-0.2, -0.15) is 0 Å². The summed E-state index contributed by atoms with van der Waals surface area (Å²) < 4.78 is 0. The third-order valence-corrected chi connectivity index (χ3v) is 6.91. The number of aliphatic hydroxyl groups excluding tert-OH is 1. The minimum atomic E-state index is -1.11. The topological polar surface area (TPSA) is 136 Å². The van der Waals surface area contributed by atoms with Crippen LogP contribution in [0.5, 0.6) is 0 Å². The summed E-state index contributed by atoms with van der Waals surface area (Å²) in [6, 6.07) is 6.46. The van der Waals surface area contributed by atoms with E-state index in [2.05, 4.69) is 10.6 Å². The summed E-state index contributed by atoms with van der Waals surface area (Å²) in [4.78, 5) is 51.5. The number of carbonyl (C=O) groups excluding carboxylic acids is 3. The van der Waals surface area contributed by atoms with Crippen LogP contribution in [0.15, 0.2) is 24.3 Å². The number of hydrogen-bond acceptors (Lipinski definition) is 5.